The van der Waals surface area contributed by atoms with Gasteiger partial charge >= 0.3 is 0 Å². The smallest absolute Gasteiger partial charge is 0.235 e. The summed E-state index contributed by atoms with van der Waals surface area (Å²) in [7, 11) is 0. The summed E-state index contributed by atoms with van der Waals surface area (Å²) >= 11 is 0. The van der Waals surface area contributed by atoms with Gasteiger partial charge in [0.05, 0.1) is 33.3 Å². The number of nitrogens with zero attached hydrogens (tertiary/aromatic N) is 7. The third-order valence-corrected chi connectivity index (χ3v) is 19.0. The molecule has 7 heteroatoms. The second kappa shape index (κ2) is 18.7. The first kappa shape index (κ1) is 49.0. The Balaban J connectivity index is 0.737. The maximum Gasteiger partial charge on any atom is 0.235 e. The van der Waals surface area contributed by atoms with Crippen molar-refractivity contribution in [2.24, 2.45) is 0 Å². The molecule has 4 aromatic heterocycles. The fourth-order valence-corrected chi connectivity index (χ4v) is 15.1. The molecule has 4 heterocycles. The van der Waals surface area contributed by atoms with Crippen LogP contribution in [0, 0.1) is 0 Å². The number of para-hydroxylation sites is 1. The highest BCUT2D eigenvalue weighted by molar-refractivity contribution is 6.32. The Morgan fingerprint density at radius 2 is 0.689 bits per heavy atom. The summed E-state index contributed by atoms with van der Waals surface area (Å²) in [5.74, 6) is 2.46. The highest BCUT2D eigenvalue weighted by atomic mass is 15.2. The van der Waals surface area contributed by atoms with Crippen LogP contribution in [0.1, 0.15) is 0 Å². The molecule has 2 aliphatic carbocycles. The normalized spacial score (nSPS) is 12.2. The Kier molecular flexibility index (Phi) is 10.2. The standard InChI is InChI=1S/C83H47N7/c1-3-17-50(18-4-1)79-65-27-11-12-32-68(65)84-83(85-79)90-70-34-16-31-63-60-42-37-54(46-67(60)64-29-14-23-49-39-44-72(90)78(74(49)64)76(63)70)66-47-55(45-53-21-7-8-24-57(53)66)82-87-80(51-19-5-2-6-20-51)86-81(88-82)52-35-40-56(41-36-52)89-69-33-15-30-62-59-26-10-9-25-58(59)61-28-13-22-48-38-43-71(89)77(73(48)61)75(62)69/h1-47H. The van der Waals surface area contributed by atoms with E-state index in [0.717, 1.165) is 77.5 Å². The number of rotatable bonds is 7. The number of hydrogen-bond donors (Lipinski definition) is 0. The van der Waals surface area contributed by atoms with E-state index in [4.69, 9.17) is 24.9 Å². The van der Waals surface area contributed by atoms with Gasteiger partial charge in [0.25, 0.3) is 0 Å². The van der Waals surface area contributed by atoms with Crippen LogP contribution >= 0.6 is 0 Å². The molecule has 0 saturated heterocycles. The maximum atomic E-state index is 5.43. The molecular formula is C83H47N7. The topological polar surface area (TPSA) is 74.3 Å². The number of hydrogen-bond acceptors (Lipinski definition) is 5. The molecule has 2 aliphatic rings. The molecule has 18 aromatic rings. The van der Waals surface area contributed by atoms with E-state index in [-0.39, 0.29) is 0 Å². The maximum absolute atomic E-state index is 5.43. The van der Waals surface area contributed by atoms with Crippen LogP contribution in [0.3, 0.4) is 0 Å². The van der Waals surface area contributed by atoms with E-state index in [1.807, 2.05) is 18.2 Å². The lowest BCUT2D eigenvalue weighted by Crippen LogP contribution is -2.03. The van der Waals surface area contributed by atoms with Gasteiger partial charge in [0.1, 0.15) is 0 Å². The summed E-state index contributed by atoms with van der Waals surface area (Å²) in [6, 6.07) is 103. The van der Waals surface area contributed by atoms with Gasteiger partial charge in [-0.1, -0.05) is 212 Å². The average molecular weight is 1140 g/mol. The van der Waals surface area contributed by atoms with E-state index < -0.39 is 0 Å². The van der Waals surface area contributed by atoms with Crippen LogP contribution in [0.15, 0.2) is 285 Å². The third kappa shape index (κ3) is 7.02. The number of fused-ring (bicyclic) bond motifs is 8. The summed E-state index contributed by atoms with van der Waals surface area (Å²) in [5, 5.41) is 13.1. The van der Waals surface area contributed by atoms with Crippen LogP contribution in [0.25, 0.3) is 200 Å². The van der Waals surface area contributed by atoms with E-state index >= 15 is 0 Å². The Morgan fingerprint density at radius 1 is 0.222 bits per heavy atom. The zero-order valence-electron chi connectivity index (χ0n) is 48.3. The van der Waals surface area contributed by atoms with Crippen LogP contribution < -0.4 is 0 Å². The highest BCUT2D eigenvalue weighted by Gasteiger charge is 2.29. The minimum absolute atomic E-state index is 0.600. The monoisotopic (exact) mass is 1140 g/mol. The van der Waals surface area contributed by atoms with Crippen molar-refractivity contribution < 1.29 is 0 Å². The largest absolute Gasteiger partial charge is 0.309 e. The molecule has 7 nitrogen and oxygen atoms in total. The minimum Gasteiger partial charge on any atom is -0.309 e. The van der Waals surface area contributed by atoms with Crippen LogP contribution in [-0.4, -0.2) is 34.1 Å². The van der Waals surface area contributed by atoms with Gasteiger partial charge in [-0.15, -0.1) is 0 Å². The first-order valence-electron chi connectivity index (χ1n) is 30.6. The van der Waals surface area contributed by atoms with E-state index in [9.17, 15) is 0 Å². The molecule has 0 unspecified atom stereocenters. The van der Waals surface area contributed by atoms with Crippen LogP contribution in [-0.2, 0) is 0 Å². The van der Waals surface area contributed by atoms with Crippen molar-refractivity contribution in [3.8, 4) is 113 Å². The van der Waals surface area contributed by atoms with Gasteiger partial charge < -0.3 is 4.57 Å². The van der Waals surface area contributed by atoms with E-state index in [2.05, 4.69) is 276 Å². The highest BCUT2D eigenvalue weighted by Crippen LogP contribution is 2.53. The van der Waals surface area contributed by atoms with Crippen molar-refractivity contribution in [2.75, 3.05) is 0 Å². The van der Waals surface area contributed by atoms with Gasteiger partial charge in [-0.05, 0) is 161 Å². The molecule has 0 aliphatic heterocycles. The molecule has 14 aromatic carbocycles. The van der Waals surface area contributed by atoms with Crippen molar-refractivity contribution in [3.05, 3.63) is 285 Å². The van der Waals surface area contributed by atoms with Crippen molar-refractivity contribution in [3.63, 3.8) is 0 Å². The lowest BCUT2D eigenvalue weighted by molar-refractivity contribution is 1.01. The number of aromatic nitrogens is 7. The zero-order chi connectivity index (χ0) is 58.7. The van der Waals surface area contributed by atoms with Gasteiger partial charge in [0.15, 0.2) is 17.5 Å². The van der Waals surface area contributed by atoms with Gasteiger partial charge in [-0.3, -0.25) is 4.57 Å². The Morgan fingerprint density at radius 3 is 1.37 bits per heavy atom. The lowest BCUT2D eigenvalue weighted by atomic mass is 9.88. The lowest BCUT2D eigenvalue weighted by Gasteiger charge is -2.17. The Labute approximate surface area is 515 Å². The summed E-state index contributed by atoms with van der Waals surface area (Å²) in [4.78, 5) is 26.7. The van der Waals surface area contributed by atoms with Crippen LogP contribution in [0.5, 0.6) is 0 Å². The first-order chi connectivity index (χ1) is 44.6. The van der Waals surface area contributed by atoms with Gasteiger partial charge in [0, 0.05) is 54.9 Å². The first-order valence-corrected chi connectivity index (χ1v) is 30.6. The molecule has 0 bridgehead atoms. The van der Waals surface area contributed by atoms with Crippen LogP contribution in [0.4, 0.5) is 0 Å². The molecule has 0 saturated carbocycles. The second-order valence-electron chi connectivity index (χ2n) is 23.8. The number of benzene rings is 14. The molecule has 0 spiro atoms. The molecule has 0 radical (unpaired) electrons. The summed E-state index contributed by atoms with van der Waals surface area (Å²) in [5.41, 5.74) is 23.1. The molecule has 20 rings (SSSR count). The minimum atomic E-state index is 0.600. The fraction of sp³-hybridized carbons (Fsp3) is 0. The van der Waals surface area contributed by atoms with Crippen LogP contribution in [0.2, 0.25) is 0 Å². The molecule has 0 atom stereocenters. The predicted octanol–water partition coefficient (Wildman–Crippen LogP) is 21.1. The van der Waals surface area contributed by atoms with Crippen molar-refractivity contribution in [2.45, 2.75) is 0 Å². The zero-order valence-corrected chi connectivity index (χ0v) is 48.3. The Hall–Kier alpha value is -12.2. The quantitative estimate of drug-likeness (QED) is 0.159. The van der Waals surface area contributed by atoms with Crippen molar-refractivity contribution in [1.82, 2.24) is 34.1 Å². The predicted molar refractivity (Wildman–Crippen MR) is 370 cm³/mol. The van der Waals surface area contributed by atoms with E-state index in [1.54, 1.807) is 0 Å². The SMILES string of the molecule is c1ccc(-c2nc(-c3ccc(-n4c5cccc6c5c5c7c(cccc7ccc54)-c4ccccc4-6)cc3)nc(-c3cc(-c4ccc5c(c4)-c4cccc6ccc7c(c46)c4c-5cccc4n7-c4nc(-c5ccccc5)c5ccccc5n4)c4ccccc4c3)n2)cc1. The fourth-order valence-electron chi connectivity index (χ4n) is 15.1. The van der Waals surface area contributed by atoms with Crippen molar-refractivity contribution >= 4 is 86.8 Å². The van der Waals surface area contributed by atoms with Gasteiger partial charge in [-0.2, -0.15) is 0 Å². The second-order valence-corrected chi connectivity index (χ2v) is 23.8. The molecule has 90 heavy (non-hydrogen) atoms. The molecule has 414 valence electrons. The molecule has 0 fully saturated rings. The van der Waals surface area contributed by atoms with E-state index in [1.165, 1.54) is 98.6 Å². The van der Waals surface area contributed by atoms with E-state index in [0.29, 0.717) is 23.4 Å². The summed E-state index contributed by atoms with van der Waals surface area (Å²) < 4.78 is 4.70. The molecular weight excluding hydrogens is 1090 g/mol. The molecule has 0 amide bonds. The van der Waals surface area contributed by atoms with Gasteiger partial charge in [0.2, 0.25) is 5.95 Å². The third-order valence-electron chi connectivity index (χ3n) is 19.0. The van der Waals surface area contributed by atoms with Crippen molar-refractivity contribution in [1.29, 1.82) is 0 Å². The summed E-state index contributed by atoms with van der Waals surface area (Å²) in [6.07, 6.45) is 0. The average Bonchev–Trinajstić information content (AvgIpc) is 1.57. The van der Waals surface area contributed by atoms with Gasteiger partial charge in [-0.25, -0.2) is 24.9 Å². The molecule has 0 N–H and O–H groups in total. The Bertz CT molecular complexity index is 6140. The summed E-state index contributed by atoms with van der Waals surface area (Å²) in [6.45, 7) is 0.